The standard InChI is InChI=1S/C20H23F3N2O3.2ClH/c1-2-27-17-5-3-4-16(19(17)26)18(25-12-10-24-11-13-25)14-6-8-15(9-7-14)28-20(21,22)23;;/h3-9,18,24,26H,2,10-13H2,1H3;2*1H/t18-;;/m0../s1. The molecule has 2 aromatic rings. The molecule has 2 N–H and O–H groups in total. The van der Waals surface area contributed by atoms with Crippen LogP contribution in [0.3, 0.4) is 0 Å². The zero-order chi connectivity index (χ0) is 20.1. The fraction of sp³-hybridized carbons (Fsp3) is 0.400. The van der Waals surface area contributed by atoms with E-state index in [2.05, 4.69) is 15.0 Å². The van der Waals surface area contributed by atoms with E-state index in [9.17, 15) is 18.3 Å². The number of nitrogens with zero attached hydrogens (tertiary/aromatic N) is 1. The fourth-order valence-corrected chi connectivity index (χ4v) is 3.41. The highest BCUT2D eigenvalue weighted by atomic mass is 35.5. The molecule has 30 heavy (non-hydrogen) atoms. The van der Waals surface area contributed by atoms with Gasteiger partial charge in [-0.2, -0.15) is 0 Å². The summed E-state index contributed by atoms with van der Waals surface area (Å²) in [6.07, 6.45) is -4.73. The van der Waals surface area contributed by atoms with Gasteiger partial charge in [0, 0.05) is 31.7 Å². The molecule has 0 spiro atoms. The number of para-hydroxylation sites is 1. The van der Waals surface area contributed by atoms with E-state index in [1.165, 1.54) is 12.1 Å². The zero-order valence-corrected chi connectivity index (χ0v) is 17.9. The van der Waals surface area contributed by atoms with E-state index in [0.29, 0.717) is 17.9 Å². The van der Waals surface area contributed by atoms with E-state index >= 15 is 0 Å². The highest BCUT2D eigenvalue weighted by Gasteiger charge is 2.32. The van der Waals surface area contributed by atoms with E-state index < -0.39 is 6.36 Å². The lowest BCUT2D eigenvalue weighted by molar-refractivity contribution is -0.274. The molecule has 0 aliphatic carbocycles. The van der Waals surface area contributed by atoms with Crippen LogP contribution in [-0.4, -0.2) is 49.2 Å². The number of piperazine rings is 1. The monoisotopic (exact) mass is 468 g/mol. The molecule has 2 aromatic carbocycles. The maximum absolute atomic E-state index is 12.4. The van der Waals surface area contributed by atoms with Crippen molar-refractivity contribution in [2.24, 2.45) is 0 Å². The Morgan fingerprint density at radius 3 is 2.27 bits per heavy atom. The van der Waals surface area contributed by atoms with E-state index in [1.807, 2.05) is 13.0 Å². The predicted molar refractivity (Wildman–Crippen MR) is 113 cm³/mol. The lowest BCUT2D eigenvalue weighted by Crippen LogP contribution is -2.45. The van der Waals surface area contributed by atoms with Crippen LogP contribution >= 0.6 is 24.8 Å². The van der Waals surface area contributed by atoms with E-state index in [-0.39, 0.29) is 42.4 Å². The van der Waals surface area contributed by atoms with Gasteiger partial charge in [-0.05, 0) is 30.7 Å². The van der Waals surface area contributed by atoms with Crippen LogP contribution in [0.4, 0.5) is 13.2 Å². The number of hydrogen-bond acceptors (Lipinski definition) is 5. The highest BCUT2D eigenvalue weighted by Crippen LogP contribution is 2.40. The van der Waals surface area contributed by atoms with E-state index in [0.717, 1.165) is 31.7 Å². The molecular weight excluding hydrogens is 444 g/mol. The van der Waals surface area contributed by atoms with Gasteiger partial charge in [0.1, 0.15) is 5.75 Å². The van der Waals surface area contributed by atoms with Crippen LogP contribution in [0.2, 0.25) is 0 Å². The van der Waals surface area contributed by atoms with Crippen LogP contribution in [0.5, 0.6) is 17.2 Å². The number of benzene rings is 2. The van der Waals surface area contributed by atoms with Crippen molar-refractivity contribution in [1.29, 1.82) is 0 Å². The molecule has 0 bridgehead atoms. The molecular formula is C20H25Cl2F3N2O3. The second-order valence-electron chi connectivity index (χ2n) is 6.43. The zero-order valence-electron chi connectivity index (χ0n) is 16.3. The first-order chi connectivity index (χ1) is 13.4. The Hall–Kier alpha value is -1.87. The normalized spacial score (nSPS) is 15.5. The van der Waals surface area contributed by atoms with Crippen molar-refractivity contribution < 1.29 is 27.8 Å². The molecule has 5 nitrogen and oxygen atoms in total. The summed E-state index contributed by atoms with van der Waals surface area (Å²) < 4.78 is 46.8. The Bertz CT molecular complexity index is 786. The summed E-state index contributed by atoms with van der Waals surface area (Å²) in [5.41, 5.74) is 1.41. The van der Waals surface area contributed by atoms with Crippen LogP contribution in [0.1, 0.15) is 24.1 Å². The number of alkyl halides is 3. The SMILES string of the molecule is CCOc1cccc([C@H](c2ccc(OC(F)(F)F)cc2)N2CCNCC2)c1O.Cl.Cl. The van der Waals surface area contributed by atoms with Crippen LogP contribution in [-0.2, 0) is 0 Å². The molecule has 3 rings (SSSR count). The van der Waals surface area contributed by atoms with Crippen LogP contribution in [0.25, 0.3) is 0 Å². The fourth-order valence-electron chi connectivity index (χ4n) is 3.41. The first-order valence-electron chi connectivity index (χ1n) is 9.14. The Morgan fingerprint density at radius 2 is 1.70 bits per heavy atom. The molecule has 0 aromatic heterocycles. The summed E-state index contributed by atoms with van der Waals surface area (Å²) in [6, 6.07) is 10.8. The van der Waals surface area contributed by atoms with Gasteiger partial charge in [-0.15, -0.1) is 38.0 Å². The number of aromatic hydroxyl groups is 1. The summed E-state index contributed by atoms with van der Waals surface area (Å²) in [5.74, 6) is 0.156. The largest absolute Gasteiger partial charge is 0.573 e. The molecule has 0 radical (unpaired) electrons. The highest BCUT2D eigenvalue weighted by molar-refractivity contribution is 5.85. The minimum Gasteiger partial charge on any atom is -0.504 e. The maximum atomic E-state index is 12.4. The molecule has 1 heterocycles. The van der Waals surface area contributed by atoms with E-state index in [1.54, 1.807) is 24.3 Å². The number of phenolic OH excluding ortho intramolecular Hbond substituents is 1. The lowest BCUT2D eigenvalue weighted by Gasteiger charge is -2.36. The molecule has 1 aliphatic rings. The summed E-state index contributed by atoms with van der Waals surface area (Å²) >= 11 is 0. The first-order valence-corrected chi connectivity index (χ1v) is 9.14. The number of ether oxygens (including phenoxy) is 2. The molecule has 1 saturated heterocycles. The molecule has 168 valence electrons. The Morgan fingerprint density at radius 1 is 1.07 bits per heavy atom. The second-order valence-corrected chi connectivity index (χ2v) is 6.43. The number of rotatable bonds is 6. The maximum Gasteiger partial charge on any atom is 0.573 e. The van der Waals surface area contributed by atoms with Crippen molar-refractivity contribution in [1.82, 2.24) is 10.2 Å². The van der Waals surface area contributed by atoms with Crippen molar-refractivity contribution in [2.45, 2.75) is 19.3 Å². The third kappa shape index (κ3) is 6.57. The average Bonchev–Trinajstić information content (AvgIpc) is 2.66. The molecule has 0 amide bonds. The topological polar surface area (TPSA) is 54.0 Å². The number of hydrogen-bond donors (Lipinski definition) is 2. The molecule has 1 atom stereocenters. The van der Waals surface area contributed by atoms with Gasteiger partial charge in [0.15, 0.2) is 11.5 Å². The number of halogens is 5. The van der Waals surface area contributed by atoms with Gasteiger partial charge >= 0.3 is 6.36 Å². The smallest absolute Gasteiger partial charge is 0.504 e. The van der Waals surface area contributed by atoms with Crippen LogP contribution < -0.4 is 14.8 Å². The van der Waals surface area contributed by atoms with Crippen molar-refractivity contribution in [2.75, 3.05) is 32.8 Å². The van der Waals surface area contributed by atoms with Crippen LogP contribution in [0, 0.1) is 0 Å². The van der Waals surface area contributed by atoms with Gasteiger partial charge in [-0.3, -0.25) is 4.90 Å². The van der Waals surface area contributed by atoms with Crippen molar-refractivity contribution in [3.8, 4) is 17.2 Å². The molecule has 0 saturated carbocycles. The van der Waals surface area contributed by atoms with Crippen molar-refractivity contribution in [3.05, 3.63) is 53.6 Å². The quantitative estimate of drug-likeness (QED) is 0.652. The summed E-state index contributed by atoms with van der Waals surface area (Å²) in [5, 5.41) is 14.0. The van der Waals surface area contributed by atoms with Crippen molar-refractivity contribution >= 4 is 24.8 Å². The summed E-state index contributed by atoms with van der Waals surface area (Å²) in [6.45, 7) is 5.31. The Balaban J connectivity index is 0.00000225. The average molecular weight is 469 g/mol. The molecule has 1 aliphatic heterocycles. The predicted octanol–water partition coefficient (Wildman–Crippen LogP) is 4.53. The number of nitrogens with one attached hydrogen (secondary N) is 1. The van der Waals surface area contributed by atoms with Gasteiger partial charge in [0.05, 0.1) is 12.6 Å². The Labute approximate surface area is 186 Å². The van der Waals surface area contributed by atoms with Gasteiger partial charge in [0.2, 0.25) is 0 Å². The van der Waals surface area contributed by atoms with E-state index in [4.69, 9.17) is 4.74 Å². The minimum absolute atomic E-state index is 0. The van der Waals surface area contributed by atoms with Gasteiger partial charge < -0.3 is 19.9 Å². The minimum atomic E-state index is -4.73. The summed E-state index contributed by atoms with van der Waals surface area (Å²) in [4.78, 5) is 2.18. The second kappa shape index (κ2) is 11.5. The Kier molecular flexibility index (Phi) is 10.0. The molecule has 1 fully saturated rings. The molecule has 0 unspecified atom stereocenters. The van der Waals surface area contributed by atoms with Gasteiger partial charge in [-0.1, -0.05) is 24.3 Å². The third-order valence-corrected chi connectivity index (χ3v) is 4.57. The summed E-state index contributed by atoms with van der Waals surface area (Å²) in [7, 11) is 0. The number of phenols is 1. The van der Waals surface area contributed by atoms with Crippen LogP contribution in [0.15, 0.2) is 42.5 Å². The third-order valence-electron chi connectivity index (χ3n) is 4.57. The lowest BCUT2D eigenvalue weighted by atomic mass is 9.95. The van der Waals surface area contributed by atoms with Gasteiger partial charge in [0.25, 0.3) is 0 Å². The van der Waals surface area contributed by atoms with Gasteiger partial charge in [-0.25, -0.2) is 0 Å². The van der Waals surface area contributed by atoms with Crippen molar-refractivity contribution in [3.63, 3.8) is 0 Å². The molecule has 10 heteroatoms. The first kappa shape index (κ1) is 26.2.